The topological polar surface area (TPSA) is 63.2 Å². The number of methoxy groups -OCH3 is 1. The van der Waals surface area contributed by atoms with Crippen molar-refractivity contribution < 1.29 is 23.0 Å². The molecule has 0 fully saturated rings. The van der Waals surface area contributed by atoms with Crippen LogP contribution in [0.1, 0.15) is 52.2 Å². The second kappa shape index (κ2) is 12.5. The van der Waals surface area contributed by atoms with Gasteiger partial charge in [-0.1, -0.05) is 43.1 Å². The van der Waals surface area contributed by atoms with Gasteiger partial charge in [-0.05, 0) is 81.3 Å². The van der Waals surface area contributed by atoms with Crippen LogP contribution in [0.25, 0.3) is 0 Å². The minimum absolute atomic E-state index is 0.135. The number of aliphatic imine (C=N–C) groups is 1. The summed E-state index contributed by atoms with van der Waals surface area (Å²) >= 11 is 12.8. The fourth-order valence-corrected chi connectivity index (χ4v) is 5.53. The Morgan fingerprint density at radius 2 is 1.69 bits per heavy atom. The lowest BCUT2D eigenvalue weighted by Crippen LogP contribution is -2.48. The number of carbonyl (C=O) groups excluding carboxylic acids is 1. The molecule has 0 saturated heterocycles. The Labute approximate surface area is 255 Å². The number of amidine groups is 1. The summed E-state index contributed by atoms with van der Waals surface area (Å²) in [6, 6.07) is 14.5. The zero-order chi connectivity index (χ0) is 30.8. The molecule has 0 aromatic heterocycles. The van der Waals surface area contributed by atoms with Gasteiger partial charge in [0.2, 0.25) is 0 Å². The zero-order valence-electron chi connectivity index (χ0n) is 24.5. The molecule has 42 heavy (non-hydrogen) atoms. The fourth-order valence-electron chi connectivity index (χ4n) is 5.04. The maximum absolute atomic E-state index is 15.2. The van der Waals surface area contributed by atoms with E-state index < -0.39 is 22.9 Å². The first-order valence-electron chi connectivity index (χ1n) is 13.6. The van der Waals surface area contributed by atoms with Gasteiger partial charge in [0.15, 0.2) is 0 Å². The highest BCUT2D eigenvalue weighted by Gasteiger charge is 2.41. The lowest BCUT2D eigenvalue weighted by Gasteiger charge is -2.40. The fraction of sp³-hybridized carbons (Fsp3) is 0.375. The quantitative estimate of drug-likeness (QED) is 0.274. The highest BCUT2D eigenvalue weighted by molar-refractivity contribution is 6.32. The third kappa shape index (κ3) is 7.16. The number of hydrogen-bond acceptors (Lipinski definition) is 5. The number of carbonyl (C=O) groups is 1. The number of rotatable bonds is 8. The van der Waals surface area contributed by atoms with E-state index in [0.717, 1.165) is 17.1 Å². The van der Waals surface area contributed by atoms with Gasteiger partial charge in [0.1, 0.15) is 28.8 Å². The zero-order valence-corrected chi connectivity index (χ0v) is 26.0. The Kier molecular flexibility index (Phi) is 9.38. The van der Waals surface area contributed by atoms with E-state index in [0.29, 0.717) is 29.3 Å². The van der Waals surface area contributed by atoms with Crippen molar-refractivity contribution in [1.29, 1.82) is 0 Å². The minimum Gasteiger partial charge on any atom is -0.495 e. The molecule has 3 aromatic carbocycles. The summed E-state index contributed by atoms with van der Waals surface area (Å²) in [5, 5.41) is 3.22. The second-order valence-corrected chi connectivity index (χ2v) is 12.5. The normalized spacial score (nSPS) is 15.4. The Morgan fingerprint density at radius 3 is 2.31 bits per heavy atom. The van der Waals surface area contributed by atoms with Crippen molar-refractivity contribution in [3.63, 3.8) is 0 Å². The van der Waals surface area contributed by atoms with E-state index in [4.69, 9.17) is 37.7 Å². The Hall–Kier alpha value is -3.36. The van der Waals surface area contributed by atoms with E-state index in [2.05, 4.69) is 24.1 Å². The number of nitrogens with zero attached hydrogens (tertiary/aromatic N) is 2. The van der Waals surface area contributed by atoms with Crippen LogP contribution >= 0.6 is 23.2 Å². The molecule has 0 saturated carbocycles. The molecule has 1 heterocycles. The average molecular weight is 619 g/mol. The van der Waals surface area contributed by atoms with E-state index >= 15 is 4.39 Å². The first-order valence-corrected chi connectivity index (χ1v) is 14.3. The molecular weight excluding hydrogens is 583 g/mol. The van der Waals surface area contributed by atoms with Gasteiger partial charge in [-0.25, -0.2) is 13.6 Å². The van der Waals surface area contributed by atoms with Crippen LogP contribution in [0.15, 0.2) is 59.6 Å². The highest BCUT2D eigenvalue weighted by atomic mass is 35.5. The number of hydrogen-bond donors (Lipinski definition) is 1. The summed E-state index contributed by atoms with van der Waals surface area (Å²) in [6.45, 7) is 9.91. The van der Waals surface area contributed by atoms with Crippen LogP contribution in [0, 0.1) is 11.6 Å². The number of anilines is 2. The molecule has 1 unspecified atom stereocenters. The van der Waals surface area contributed by atoms with Crippen LogP contribution in [0.3, 0.4) is 0 Å². The number of amides is 1. The predicted octanol–water partition coefficient (Wildman–Crippen LogP) is 8.82. The third-order valence-electron chi connectivity index (χ3n) is 7.25. The van der Waals surface area contributed by atoms with Gasteiger partial charge < -0.3 is 14.4 Å². The third-order valence-corrected chi connectivity index (χ3v) is 7.90. The van der Waals surface area contributed by atoms with Crippen molar-refractivity contribution >= 4 is 46.5 Å². The number of ether oxygens (including phenoxy) is 2. The molecule has 0 radical (unpaired) electrons. The lowest BCUT2D eigenvalue weighted by atomic mass is 9.77. The van der Waals surface area contributed by atoms with Crippen LogP contribution in [-0.2, 0) is 16.6 Å². The molecule has 224 valence electrons. The molecule has 6 nitrogen and oxygen atoms in total. The molecule has 0 bridgehead atoms. The molecule has 4 rings (SSSR count). The van der Waals surface area contributed by atoms with Crippen LogP contribution < -0.4 is 15.0 Å². The van der Waals surface area contributed by atoms with Gasteiger partial charge in [0, 0.05) is 33.8 Å². The average Bonchev–Trinajstić information content (AvgIpc) is 3.32. The van der Waals surface area contributed by atoms with E-state index in [-0.39, 0.29) is 29.0 Å². The smallest absolute Gasteiger partial charge is 0.412 e. The van der Waals surface area contributed by atoms with Gasteiger partial charge in [-0.2, -0.15) is 0 Å². The molecule has 3 aromatic rings. The van der Waals surface area contributed by atoms with Crippen molar-refractivity contribution in [2.24, 2.45) is 4.99 Å². The molecule has 1 aliphatic heterocycles. The summed E-state index contributed by atoms with van der Waals surface area (Å²) in [5.74, 6) is 0.408. The number of benzene rings is 3. The first kappa shape index (κ1) is 31.6. The monoisotopic (exact) mass is 617 g/mol. The van der Waals surface area contributed by atoms with Crippen LogP contribution in [0.5, 0.6) is 5.75 Å². The summed E-state index contributed by atoms with van der Waals surface area (Å²) in [6.07, 6.45) is -0.0629. The molecule has 0 spiro atoms. The van der Waals surface area contributed by atoms with Crippen LogP contribution in [0.2, 0.25) is 10.0 Å². The van der Waals surface area contributed by atoms with E-state index in [9.17, 15) is 9.18 Å². The molecule has 1 N–H and O–H groups in total. The summed E-state index contributed by atoms with van der Waals surface area (Å²) in [4.78, 5) is 19.1. The van der Waals surface area contributed by atoms with Crippen LogP contribution in [-0.4, -0.2) is 37.2 Å². The SMILES string of the molecule is COc1cc(C(C)(C)C2CN=C(CCc3c(F)cc(NC(=O)OC(C)(C)C)cc3Cl)N2c2ccc(F)cc2)ccc1Cl. The maximum Gasteiger partial charge on any atom is 0.412 e. The first-order chi connectivity index (χ1) is 19.7. The highest BCUT2D eigenvalue weighted by Crippen LogP contribution is 2.40. The Bertz CT molecular complexity index is 1460. The molecule has 0 aliphatic carbocycles. The standard InChI is InChI=1S/C32H35Cl2F2N3O3/c1-31(2,3)42-30(40)38-21-16-25(34)23(26(36)17-21)12-14-29-37-18-28(39(29)22-10-8-20(35)9-11-22)32(4,5)19-7-13-24(33)27(15-19)41-6/h7-11,13,15-17,28H,12,14,18H2,1-6H3,(H,38,40). The summed E-state index contributed by atoms with van der Waals surface area (Å²) < 4.78 is 39.8. The molecule has 1 amide bonds. The Balaban J connectivity index is 1.59. The van der Waals surface area contributed by atoms with Crippen molar-refractivity contribution in [2.75, 3.05) is 23.9 Å². The largest absolute Gasteiger partial charge is 0.495 e. The van der Waals surface area contributed by atoms with Gasteiger partial charge in [-0.3, -0.25) is 10.3 Å². The Morgan fingerprint density at radius 1 is 1.00 bits per heavy atom. The van der Waals surface area contributed by atoms with Crippen molar-refractivity contribution in [3.05, 3.63) is 87.4 Å². The summed E-state index contributed by atoms with van der Waals surface area (Å²) in [5.41, 5.74) is 1.14. The van der Waals surface area contributed by atoms with Gasteiger partial charge in [0.25, 0.3) is 0 Å². The number of halogens is 4. The second-order valence-electron chi connectivity index (χ2n) is 11.7. The van der Waals surface area contributed by atoms with Gasteiger partial charge in [0.05, 0.1) is 24.7 Å². The van der Waals surface area contributed by atoms with E-state index in [1.807, 2.05) is 18.2 Å². The predicted molar refractivity (Wildman–Crippen MR) is 166 cm³/mol. The van der Waals surface area contributed by atoms with E-state index in [1.54, 1.807) is 40.0 Å². The molecule has 1 aliphatic rings. The maximum atomic E-state index is 15.2. The minimum atomic E-state index is -0.701. The molecular formula is C32H35Cl2F2N3O3. The van der Waals surface area contributed by atoms with Crippen molar-refractivity contribution in [2.45, 2.75) is 64.5 Å². The van der Waals surface area contributed by atoms with Crippen molar-refractivity contribution in [1.82, 2.24) is 0 Å². The molecule has 1 atom stereocenters. The van der Waals surface area contributed by atoms with E-state index in [1.165, 1.54) is 24.3 Å². The summed E-state index contributed by atoms with van der Waals surface area (Å²) in [7, 11) is 1.57. The molecule has 10 heteroatoms. The lowest BCUT2D eigenvalue weighted by molar-refractivity contribution is 0.0636. The van der Waals surface area contributed by atoms with Crippen molar-refractivity contribution in [3.8, 4) is 5.75 Å². The van der Waals surface area contributed by atoms with Crippen LogP contribution in [0.4, 0.5) is 25.0 Å². The van der Waals surface area contributed by atoms with Gasteiger partial charge >= 0.3 is 6.09 Å². The van der Waals surface area contributed by atoms with Gasteiger partial charge in [-0.15, -0.1) is 0 Å². The number of nitrogens with one attached hydrogen (secondary N) is 1.